The van der Waals surface area contributed by atoms with E-state index in [0.717, 1.165) is 43.3 Å². The first kappa shape index (κ1) is 21.0. The summed E-state index contributed by atoms with van der Waals surface area (Å²) in [6.07, 6.45) is 1.90. The van der Waals surface area contributed by atoms with Crippen molar-refractivity contribution < 1.29 is 24.0 Å². The number of aromatic amines is 1. The molecule has 1 fully saturated rings. The van der Waals surface area contributed by atoms with E-state index in [1.54, 1.807) is 6.92 Å². The Balaban J connectivity index is 1.72. The molecule has 0 radical (unpaired) electrons. The van der Waals surface area contributed by atoms with Gasteiger partial charge in [-0.15, -0.1) is 11.3 Å². The molecule has 29 heavy (non-hydrogen) atoms. The lowest BCUT2D eigenvalue weighted by Crippen LogP contribution is -2.51. The number of pyridine rings is 1. The van der Waals surface area contributed by atoms with Gasteiger partial charge in [-0.05, 0) is 30.8 Å². The van der Waals surface area contributed by atoms with Crippen LogP contribution in [0.4, 0.5) is 10.8 Å². The second-order valence-corrected chi connectivity index (χ2v) is 7.80. The Labute approximate surface area is 178 Å². The van der Waals surface area contributed by atoms with Crippen molar-refractivity contribution in [1.82, 2.24) is 4.90 Å². The van der Waals surface area contributed by atoms with E-state index in [2.05, 4.69) is 15.2 Å². The Bertz CT molecular complexity index is 908. The lowest BCUT2D eigenvalue weighted by molar-refractivity contribution is -0.364. The molecule has 0 saturated carbocycles. The summed E-state index contributed by atoms with van der Waals surface area (Å²) in [5.74, 6) is 0.0450. The molecule has 0 aromatic carbocycles. The topological polar surface area (TPSA) is 85.3 Å². The maximum absolute atomic E-state index is 12.3. The van der Waals surface area contributed by atoms with Gasteiger partial charge in [0, 0.05) is 6.07 Å². The van der Waals surface area contributed by atoms with Gasteiger partial charge in [0.25, 0.3) is 5.82 Å². The van der Waals surface area contributed by atoms with Crippen molar-refractivity contribution in [1.29, 1.82) is 0 Å². The molecule has 1 aliphatic heterocycles. The molecule has 1 aliphatic rings. The molecule has 0 amide bonds. The number of thiophene rings is 1. The molecule has 0 spiro atoms. The van der Waals surface area contributed by atoms with Crippen LogP contribution in [0.5, 0.6) is 0 Å². The summed E-state index contributed by atoms with van der Waals surface area (Å²) < 4.78 is 9.70. The van der Waals surface area contributed by atoms with Gasteiger partial charge in [-0.2, -0.15) is 0 Å². The van der Waals surface area contributed by atoms with Crippen LogP contribution in [0.1, 0.15) is 25.6 Å². The maximum Gasteiger partial charge on any atom is 0.348 e. The van der Waals surface area contributed by atoms with E-state index in [1.807, 2.05) is 29.3 Å². The molecule has 0 unspecified atom stereocenters. The van der Waals surface area contributed by atoms with Crippen LogP contribution in [0.15, 0.2) is 24.4 Å². The van der Waals surface area contributed by atoms with Crippen LogP contribution < -0.4 is 15.2 Å². The van der Waals surface area contributed by atoms with Gasteiger partial charge >= 0.3 is 11.9 Å². The zero-order chi connectivity index (χ0) is 21.0. The highest BCUT2D eigenvalue weighted by Gasteiger charge is 2.29. The van der Waals surface area contributed by atoms with Gasteiger partial charge in [-0.25, -0.2) is 14.6 Å². The molecule has 2 aromatic heterocycles. The van der Waals surface area contributed by atoms with Crippen LogP contribution >= 0.6 is 23.6 Å². The number of rotatable bonds is 4. The molecule has 10 heteroatoms. The van der Waals surface area contributed by atoms with Crippen LogP contribution in [0, 0.1) is 6.92 Å². The molecule has 154 valence electrons. The number of esters is 2. The number of carbonyl (C=O) groups excluding carboxylic acids is 2. The minimum atomic E-state index is -0.524. The highest BCUT2D eigenvalue weighted by atomic mass is 32.1. The normalized spacial score (nSPS) is 13.8. The molecule has 3 heterocycles. The summed E-state index contributed by atoms with van der Waals surface area (Å²) in [5, 5.41) is 4.12. The van der Waals surface area contributed by atoms with E-state index < -0.39 is 11.9 Å². The first-order chi connectivity index (χ1) is 14.0. The smallest absolute Gasteiger partial charge is 0.348 e. The molecular weight excluding hydrogens is 412 g/mol. The lowest BCUT2D eigenvalue weighted by atomic mass is 10.1. The van der Waals surface area contributed by atoms with E-state index in [9.17, 15) is 9.59 Å². The summed E-state index contributed by atoms with van der Waals surface area (Å²) in [6.45, 7) is 4.77. The number of ether oxygens (including phenoxy) is 2. The summed E-state index contributed by atoms with van der Waals surface area (Å²) in [6, 6.07) is 5.98. The quantitative estimate of drug-likeness (QED) is 0.576. The number of methoxy groups -OCH3 is 2. The van der Waals surface area contributed by atoms with Gasteiger partial charge < -0.3 is 19.7 Å². The number of nitrogens with zero attached hydrogens (tertiary/aromatic N) is 2. The minimum Gasteiger partial charge on any atom is -0.465 e. The fraction of sp³-hybridized carbons (Fsp3) is 0.368. The predicted octanol–water partition coefficient (Wildman–Crippen LogP) is 1.96. The Morgan fingerprint density at radius 2 is 1.83 bits per heavy atom. The molecular formula is C19H23N4O4S2+. The van der Waals surface area contributed by atoms with Crippen molar-refractivity contribution in [2.24, 2.45) is 0 Å². The minimum absolute atomic E-state index is 0.303. The van der Waals surface area contributed by atoms with Gasteiger partial charge in [-0.1, -0.05) is 6.07 Å². The van der Waals surface area contributed by atoms with Crippen LogP contribution in [0.25, 0.3) is 0 Å². The second kappa shape index (κ2) is 9.19. The van der Waals surface area contributed by atoms with E-state index >= 15 is 0 Å². The lowest BCUT2D eigenvalue weighted by Gasteiger charge is -2.32. The zero-order valence-corrected chi connectivity index (χ0v) is 18.1. The van der Waals surface area contributed by atoms with Crippen LogP contribution in [-0.4, -0.2) is 62.3 Å². The van der Waals surface area contributed by atoms with Gasteiger partial charge in [0.05, 0.1) is 39.1 Å². The second-order valence-electron chi connectivity index (χ2n) is 6.40. The number of aromatic nitrogens is 1. The van der Waals surface area contributed by atoms with Crippen molar-refractivity contribution >= 4 is 51.4 Å². The molecule has 1 saturated heterocycles. The van der Waals surface area contributed by atoms with Crippen molar-refractivity contribution in [2.45, 2.75) is 6.92 Å². The average Bonchev–Trinajstić information content (AvgIpc) is 3.09. The highest BCUT2D eigenvalue weighted by molar-refractivity contribution is 7.80. The molecule has 0 bridgehead atoms. The van der Waals surface area contributed by atoms with Gasteiger partial charge in [-0.3, -0.25) is 4.90 Å². The maximum atomic E-state index is 12.3. The molecule has 0 aliphatic carbocycles. The number of anilines is 2. The molecule has 2 N–H and O–H groups in total. The third kappa shape index (κ3) is 4.48. The molecule has 3 rings (SSSR count). The average molecular weight is 436 g/mol. The Morgan fingerprint density at radius 1 is 1.14 bits per heavy atom. The van der Waals surface area contributed by atoms with E-state index in [0.29, 0.717) is 26.1 Å². The summed E-state index contributed by atoms with van der Waals surface area (Å²) in [7, 11) is 2.61. The van der Waals surface area contributed by atoms with E-state index in [4.69, 9.17) is 21.7 Å². The Kier molecular flexibility index (Phi) is 6.65. The highest BCUT2D eigenvalue weighted by Crippen LogP contribution is 2.34. The number of piperazine rings is 1. The van der Waals surface area contributed by atoms with Crippen molar-refractivity contribution in [3.8, 4) is 0 Å². The van der Waals surface area contributed by atoms with Crippen LogP contribution in [0.2, 0.25) is 0 Å². The first-order valence-electron chi connectivity index (χ1n) is 9.03. The number of hydrogen-bond donors (Lipinski definition) is 1. The van der Waals surface area contributed by atoms with Crippen molar-refractivity contribution in [2.75, 3.05) is 50.6 Å². The Morgan fingerprint density at radius 3 is 2.41 bits per heavy atom. The van der Waals surface area contributed by atoms with Crippen molar-refractivity contribution in [3.05, 3.63) is 40.4 Å². The first-order valence-corrected chi connectivity index (χ1v) is 10.3. The van der Waals surface area contributed by atoms with Crippen LogP contribution in [0.3, 0.4) is 0 Å². The molecule has 0 atom stereocenters. The fourth-order valence-corrected chi connectivity index (χ4v) is 4.61. The van der Waals surface area contributed by atoms with Gasteiger partial charge in [0.15, 0.2) is 5.11 Å². The summed E-state index contributed by atoms with van der Waals surface area (Å²) in [5.41, 5.74) is 0.821. The third-order valence-electron chi connectivity index (χ3n) is 4.73. The van der Waals surface area contributed by atoms with E-state index in [1.165, 1.54) is 14.2 Å². The SMILES string of the molecule is COC(=O)c1sc(NC(=S)N2CCN(c3cccc[nH+]3)CC2)c(C(=O)OC)c1C. The number of hydrogen-bond acceptors (Lipinski definition) is 7. The number of thiocarbonyl (C=S) groups is 1. The largest absolute Gasteiger partial charge is 0.465 e. The van der Waals surface area contributed by atoms with Crippen molar-refractivity contribution in [3.63, 3.8) is 0 Å². The monoisotopic (exact) mass is 435 g/mol. The summed E-state index contributed by atoms with van der Waals surface area (Å²) >= 11 is 6.70. The predicted molar refractivity (Wildman–Crippen MR) is 115 cm³/mol. The van der Waals surface area contributed by atoms with E-state index in [-0.39, 0.29) is 0 Å². The van der Waals surface area contributed by atoms with Crippen LogP contribution in [-0.2, 0) is 9.47 Å². The summed E-state index contributed by atoms with van der Waals surface area (Å²) in [4.78, 5) is 32.2. The third-order valence-corrected chi connectivity index (χ3v) is 6.28. The molecule has 2 aromatic rings. The number of carbonyl (C=O) groups is 2. The number of nitrogens with one attached hydrogen (secondary N) is 2. The Hall–Kier alpha value is -2.72. The standard InChI is InChI=1S/C19H22N4O4S2/c1-12-14(17(24)26-2)16(29-15(12)18(25)27-3)21-19(28)23-10-8-22(9-11-23)13-6-4-5-7-20-13/h4-7H,8-11H2,1-3H3,(H,21,28)/p+1. The number of H-pyrrole nitrogens is 1. The van der Waals surface area contributed by atoms with Gasteiger partial charge in [0.1, 0.15) is 23.0 Å². The fourth-order valence-electron chi connectivity index (χ4n) is 3.14. The van der Waals surface area contributed by atoms with Gasteiger partial charge in [0.2, 0.25) is 0 Å². The molecule has 8 nitrogen and oxygen atoms in total. The zero-order valence-electron chi connectivity index (χ0n) is 16.5.